The fourth-order valence-corrected chi connectivity index (χ4v) is 4.14. The summed E-state index contributed by atoms with van der Waals surface area (Å²) in [6, 6.07) is 12.5. The van der Waals surface area contributed by atoms with Crippen molar-refractivity contribution in [2.45, 2.75) is 52.1 Å². The van der Waals surface area contributed by atoms with Crippen molar-refractivity contribution in [3.8, 4) is 5.75 Å². The monoisotopic (exact) mass is 463 g/mol. The third kappa shape index (κ3) is 5.42. The zero-order valence-corrected chi connectivity index (χ0v) is 20.5. The van der Waals surface area contributed by atoms with Crippen molar-refractivity contribution in [3.05, 3.63) is 64.0 Å². The van der Waals surface area contributed by atoms with E-state index < -0.39 is 11.7 Å². The van der Waals surface area contributed by atoms with Gasteiger partial charge < -0.3 is 24.7 Å². The molecule has 7 nitrogen and oxygen atoms in total. The van der Waals surface area contributed by atoms with E-state index in [1.165, 1.54) is 5.56 Å². The lowest BCUT2D eigenvalue weighted by atomic mass is 9.87. The smallest absolute Gasteiger partial charge is 0.360 e. The van der Waals surface area contributed by atoms with E-state index in [1.807, 2.05) is 43.3 Å². The van der Waals surface area contributed by atoms with Crippen LogP contribution < -0.4 is 21.0 Å². The van der Waals surface area contributed by atoms with Crippen LogP contribution in [0.3, 0.4) is 0 Å². The molecular weight excluding hydrogens is 430 g/mol. The van der Waals surface area contributed by atoms with Gasteiger partial charge in [0.2, 0.25) is 0 Å². The van der Waals surface area contributed by atoms with Gasteiger partial charge in [0.05, 0.1) is 0 Å². The van der Waals surface area contributed by atoms with E-state index in [4.69, 9.17) is 9.15 Å². The van der Waals surface area contributed by atoms with Gasteiger partial charge in [-0.2, -0.15) is 0 Å². The number of nitrogens with one attached hydrogen (secondary N) is 2. The fraction of sp³-hybridized carbons (Fsp3) is 0.407. The lowest BCUT2D eigenvalue weighted by molar-refractivity contribution is 0.113. The average molecular weight is 464 g/mol. The van der Waals surface area contributed by atoms with Crippen LogP contribution in [0.4, 0.5) is 16.2 Å². The molecule has 0 spiro atoms. The topological polar surface area (TPSA) is 83.8 Å². The molecule has 7 heteroatoms. The summed E-state index contributed by atoms with van der Waals surface area (Å²) in [5, 5.41) is 6.09. The molecule has 0 saturated carbocycles. The van der Waals surface area contributed by atoms with Gasteiger partial charge >= 0.3 is 11.7 Å². The van der Waals surface area contributed by atoms with Gasteiger partial charge in [0, 0.05) is 29.7 Å². The SMILES string of the molecule is Cc1c(OC2CCN(C)CC2)ccc2cc(NC(=O)Nc3ccc(C(C)(C)C)cc3)c(=O)oc12. The molecule has 3 aromatic rings. The fourth-order valence-electron chi connectivity index (χ4n) is 4.14. The molecule has 1 fully saturated rings. The first kappa shape index (κ1) is 23.8. The Morgan fingerprint density at radius 3 is 2.38 bits per heavy atom. The Kier molecular flexibility index (Phi) is 6.66. The third-order valence-corrected chi connectivity index (χ3v) is 6.32. The van der Waals surface area contributed by atoms with Crippen molar-refractivity contribution in [2.24, 2.45) is 0 Å². The molecule has 1 saturated heterocycles. The number of hydrogen-bond acceptors (Lipinski definition) is 5. The molecule has 1 aromatic heterocycles. The van der Waals surface area contributed by atoms with Crippen LogP contribution in [0, 0.1) is 6.92 Å². The Labute approximate surface area is 200 Å². The van der Waals surface area contributed by atoms with E-state index in [2.05, 4.69) is 43.4 Å². The van der Waals surface area contributed by atoms with Crippen molar-refractivity contribution in [1.29, 1.82) is 0 Å². The molecule has 2 amide bonds. The van der Waals surface area contributed by atoms with Crippen LogP contribution in [0.2, 0.25) is 0 Å². The maximum atomic E-state index is 12.6. The third-order valence-electron chi connectivity index (χ3n) is 6.32. The number of nitrogens with zero attached hydrogens (tertiary/aromatic N) is 1. The number of amides is 2. The highest BCUT2D eigenvalue weighted by Gasteiger charge is 2.20. The van der Waals surface area contributed by atoms with Gasteiger partial charge in [0.1, 0.15) is 23.1 Å². The molecule has 2 heterocycles. The summed E-state index contributed by atoms with van der Waals surface area (Å²) >= 11 is 0. The molecule has 34 heavy (non-hydrogen) atoms. The number of carbonyl (C=O) groups excluding carboxylic acids is 1. The minimum absolute atomic E-state index is 0.0288. The lowest BCUT2D eigenvalue weighted by Gasteiger charge is -2.29. The maximum absolute atomic E-state index is 12.6. The van der Waals surface area contributed by atoms with Crippen molar-refractivity contribution in [2.75, 3.05) is 30.8 Å². The molecule has 4 rings (SSSR count). The molecule has 2 aromatic carbocycles. The van der Waals surface area contributed by atoms with E-state index in [1.54, 1.807) is 6.07 Å². The standard InChI is InChI=1S/C27H33N3O4/c1-17-23(33-21-12-14-30(5)15-13-21)11-6-18-16-22(25(31)34-24(17)18)29-26(32)28-20-9-7-19(8-10-20)27(2,3)4/h6-11,16,21H,12-15H2,1-5H3,(H2,28,29,32). The zero-order chi connectivity index (χ0) is 24.5. The largest absolute Gasteiger partial charge is 0.490 e. The quantitative estimate of drug-likeness (QED) is 0.498. The number of aryl methyl sites for hydroxylation is 1. The Balaban J connectivity index is 1.47. The molecule has 1 aliphatic rings. The number of rotatable bonds is 4. The molecule has 180 valence electrons. The van der Waals surface area contributed by atoms with Gasteiger partial charge in [-0.05, 0) is 68.1 Å². The van der Waals surface area contributed by atoms with Gasteiger partial charge in [-0.25, -0.2) is 9.59 Å². The highest BCUT2D eigenvalue weighted by atomic mass is 16.5. The second-order valence-corrected chi connectivity index (χ2v) is 10.1. The summed E-state index contributed by atoms with van der Waals surface area (Å²) < 4.78 is 11.8. The lowest BCUT2D eigenvalue weighted by Crippen LogP contribution is -2.35. The van der Waals surface area contributed by atoms with E-state index in [9.17, 15) is 9.59 Å². The Hall–Kier alpha value is -3.32. The molecular formula is C27H33N3O4. The van der Waals surface area contributed by atoms with Gasteiger partial charge in [-0.3, -0.25) is 0 Å². The first-order valence-electron chi connectivity index (χ1n) is 11.7. The number of anilines is 2. The van der Waals surface area contributed by atoms with Crippen molar-refractivity contribution in [3.63, 3.8) is 0 Å². The molecule has 2 N–H and O–H groups in total. The van der Waals surface area contributed by atoms with Crippen LogP contribution in [0.1, 0.15) is 44.7 Å². The number of ether oxygens (including phenoxy) is 1. The minimum Gasteiger partial charge on any atom is -0.490 e. The summed E-state index contributed by atoms with van der Waals surface area (Å²) in [5.41, 5.74) is 2.57. The molecule has 0 atom stereocenters. The predicted octanol–water partition coefficient (Wildman–Crippen LogP) is 5.52. The van der Waals surface area contributed by atoms with E-state index in [0.717, 1.165) is 42.6 Å². The first-order valence-corrected chi connectivity index (χ1v) is 11.7. The Morgan fingerprint density at radius 2 is 1.74 bits per heavy atom. The maximum Gasteiger partial charge on any atom is 0.360 e. The van der Waals surface area contributed by atoms with Gasteiger partial charge in [-0.1, -0.05) is 32.9 Å². The number of carbonyl (C=O) groups is 1. The number of benzene rings is 2. The van der Waals surface area contributed by atoms with E-state index in [-0.39, 0.29) is 17.2 Å². The average Bonchev–Trinajstić information content (AvgIpc) is 2.78. The number of piperidine rings is 1. The summed E-state index contributed by atoms with van der Waals surface area (Å²) in [7, 11) is 2.11. The van der Waals surface area contributed by atoms with Crippen LogP contribution >= 0.6 is 0 Å². The van der Waals surface area contributed by atoms with Crippen molar-refractivity contribution >= 4 is 28.4 Å². The van der Waals surface area contributed by atoms with E-state index in [0.29, 0.717) is 11.3 Å². The first-order chi connectivity index (χ1) is 16.1. The summed E-state index contributed by atoms with van der Waals surface area (Å²) in [4.78, 5) is 27.4. The van der Waals surface area contributed by atoms with Crippen molar-refractivity contribution < 1.29 is 13.9 Å². The molecule has 0 aliphatic carbocycles. The van der Waals surface area contributed by atoms with Crippen LogP contribution in [0.5, 0.6) is 5.75 Å². The zero-order valence-electron chi connectivity index (χ0n) is 20.5. The highest BCUT2D eigenvalue weighted by Crippen LogP contribution is 2.30. The molecule has 1 aliphatic heterocycles. The Morgan fingerprint density at radius 1 is 1.06 bits per heavy atom. The minimum atomic E-state index is -0.606. The summed E-state index contributed by atoms with van der Waals surface area (Å²) in [5.74, 6) is 0.724. The molecule has 0 unspecified atom stereocenters. The highest BCUT2D eigenvalue weighted by molar-refractivity contribution is 6.00. The second kappa shape index (κ2) is 9.50. The van der Waals surface area contributed by atoms with Crippen LogP contribution in [0.15, 0.2) is 51.7 Å². The van der Waals surface area contributed by atoms with Crippen LogP contribution in [-0.2, 0) is 5.41 Å². The molecule has 0 radical (unpaired) electrons. The number of hydrogen-bond donors (Lipinski definition) is 2. The summed E-state index contributed by atoms with van der Waals surface area (Å²) in [6.45, 7) is 10.3. The number of urea groups is 1. The van der Waals surface area contributed by atoms with Crippen molar-refractivity contribution in [1.82, 2.24) is 4.90 Å². The van der Waals surface area contributed by atoms with Gasteiger partial charge in [0.15, 0.2) is 0 Å². The van der Waals surface area contributed by atoms with Crippen LogP contribution in [0.25, 0.3) is 11.0 Å². The van der Waals surface area contributed by atoms with Gasteiger partial charge in [-0.15, -0.1) is 0 Å². The van der Waals surface area contributed by atoms with Crippen LogP contribution in [-0.4, -0.2) is 37.2 Å². The Bertz CT molecular complexity index is 1230. The van der Waals surface area contributed by atoms with E-state index >= 15 is 0 Å². The normalized spacial score (nSPS) is 15.3. The predicted molar refractivity (Wildman–Crippen MR) is 136 cm³/mol. The van der Waals surface area contributed by atoms with Gasteiger partial charge in [0.25, 0.3) is 0 Å². The summed E-state index contributed by atoms with van der Waals surface area (Å²) in [6.07, 6.45) is 2.09. The number of fused-ring (bicyclic) bond motifs is 1. The molecule has 0 bridgehead atoms. The second-order valence-electron chi connectivity index (χ2n) is 10.1. The number of likely N-dealkylation sites (tertiary alicyclic amines) is 1.